The van der Waals surface area contributed by atoms with Crippen LogP contribution in [0.1, 0.15) is 11.1 Å². The number of morpholine rings is 1. The zero-order valence-electron chi connectivity index (χ0n) is 15.5. The molecule has 3 aromatic rings. The Morgan fingerprint density at radius 1 is 1.19 bits per heavy atom. The number of carbonyl (C=O) groups excluding carboxylic acids is 1. The van der Waals surface area contributed by atoms with Crippen LogP contribution >= 0.6 is 11.8 Å². The van der Waals surface area contributed by atoms with Gasteiger partial charge in [-0.3, -0.25) is 4.79 Å². The van der Waals surface area contributed by atoms with E-state index in [0.717, 1.165) is 21.8 Å². The number of hydrogen-bond acceptors (Lipinski definition) is 5. The third-order valence-electron chi connectivity index (χ3n) is 4.85. The highest BCUT2D eigenvalue weighted by atomic mass is 32.2. The van der Waals surface area contributed by atoms with Crippen molar-refractivity contribution < 1.29 is 9.53 Å². The molecule has 0 unspecified atom stereocenters. The van der Waals surface area contributed by atoms with Crippen molar-refractivity contribution in [1.29, 1.82) is 0 Å². The van der Waals surface area contributed by atoms with Crippen LogP contribution < -0.4 is 0 Å². The predicted octanol–water partition coefficient (Wildman–Crippen LogP) is 2.96. The molecule has 1 aliphatic rings. The van der Waals surface area contributed by atoms with Gasteiger partial charge in [0.2, 0.25) is 5.91 Å². The molecule has 1 saturated heterocycles. The van der Waals surface area contributed by atoms with Gasteiger partial charge in [-0.25, -0.2) is 9.50 Å². The van der Waals surface area contributed by atoms with Crippen molar-refractivity contribution in [3.8, 4) is 11.3 Å². The van der Waals surface area contributed by atoms with Crippen molar-refractivity contribution in [3.63, 3.8) is 0 Å². The van der Waals surface area contributed by atoms with Crippen LogP contribution in [-0.2, 0) is 9.53 Å². The first-order valence-corrected chi connectivity index (χ1v) is 10.0. The van der Waals surface area contributed by atoms with E-state index in [4.69, 9.17) is 4.74 Å². The number of carbonyl (C=O) groups is 1. The first-order valence-electron chi connectivity index (χ1n) is 9.02. The summed E-state index contributed by atoms with van der Waals surface area (Å²) in [5, 5.41) is 5.50. The third-order valence-corrected chi connectivity index (χ3v) is 5.83. The summed E-state index contributed by atoms with van der Waals surface area (Å²) in [6, 6.07) is 8.40. The lowest BCUT2D eigenvalue weighted by molar-refractivity contribution is -0.132. The molecule has 1 aliphatic heterocycles. The van der Waals surface area contributed by atoms with Gasteiger partial charge in [0.1, 0.15) is 5.03 Å². The fraction of sp³-hybridized carbons (Fsp3) is 0.350. The summed E-state index contributed by atoms with van der Waals surface area (Å²) in [5.41, 5.74) is 5.43. The maximum atomic E-state index is 12.4. The molecule has 0 bridgehead atoms. The first-order chi connectivity index (χ1) is 13.1. The number of benzene rings is 1. The summed E-state index contributed by atoms with van der Waals surface area (Å²) in [4.78, 5) is 18.7. The standard InChI is InChI=1S/C20H22N4O2S/c1-14-3-4-16(11-15(14)2)17-12-18-20(21-5-6-24(18)22-17)27-13-19(25)23-7-9-26-10-8-23/h3-6,11-12H,7-10,13H2,1-2H3. The second kappa shape index (κ2) is 7.70. The number of ether oxygens (including phenoxy) is 1. The maximum Gasteiger partial charge on any atom is 0.233 e. The van der Waals surface area contributed by atoms with E-state index < -0.39 is 0 Å². The zero-order chi connectivity index (χ0) is 18.8. The van der Waals surface area contributed by atoms with E-state index in [2.05, 4.69) is 42.1 Å². The highest BCUT2D eigenvalue weighted by Crippen LogP contribution is 2.27. The monoisotopic (exact) mass is 382 g/mol. The molecular weight excluding hydrogens is 360 g/mol. The molecule has 7 heteroatoms. The van der Waals surface area contributed by atoms with Gasteiger partial charge in [-0.1, -0.05) is 23.9 Å². The molecule has 140 valence electrons. The predicted molar refractivity (Wildman–Crippen MR) is 106 cm³/mol. The van der Waals surface area contributed by atoms with Crippen LogP contribution in [0.5, 0.6) is 0 Å². The minimum atomic E-state index is 0.126. The molecular formula is C20H22N4O2S. The van der Waals surface area contributed by atoms with Crippen molar-refractivity contribution in [3.05, 3.63) is 47.8 Å². The molecule has 27 heavy (non-hydrogen) atoms. The summed E-state index contributed by atoms with van der Waals surface area (Å²) < 4.78 is 7.14. The fourth-order valence-electron chi connectivity index (χ4n) is 3.09. The van der Waals surface area contributed by atoms with Gasteiger partial charge in [0, 0.05) is 31.0 Å². The molecule has 0 aliphatic carbocycles. The van der Waals surface area contributed by atoms with Crippen LogP contribution in [-0.4, -0.2) is 57.5 Å². The van der Waals surface area contributed by atoms with Gasteiger partial charge in [-0.05, 0) is 37.1 Å². The highest BCUT2D eigenvalue weighted by Gasteiger charge is 2.18. The molecule has 1 aromatic carbocycles. The molecule has 3 heterocycles. The maximum absolute atomic E-state index is 12.4. The Morgan fingerprint density at radius 2 is 2.00 bits per heavy atom. The largest absolute Gasteiger partial charge is 0.378 e. The summed E-state index contributed by atoms with van der Waals surface area (Å²) in [6.45, 7) is 6.78. The van der Waals surface area contributed by atoms with Gasteiger partial charge in [0.05, 0.1) is 30.2 Å². The van der Waals surface area contributed by atoms with Gasteiger partial charge in [-0.2, -0.15) is 5.10 Å². The Bertz CT molecular complexity index is 979. The Hall–Kier alpha value is -2.38. The lowest BCUT2D eigenvalue weighted by Gasteiger charge is -2.26. The number of nitrogens with zero attached hydrogens (tertiary/aromatic N) is 4. The first kappa shape index (κ1) is 18.0. The van der Waals surface area contributed by atoms with Crippen LogP contribution in [0, 0.1) is 13.8 Å². The Balaban J connectivity index is 1.55. The van der Waals surface area contributed by atoms with E-state index in [0.29, 0.717) is 32.1 Å². The molecule has 6 nitrogen and oxygen atoms in total. The van der Waals surface area contributed by atoms with Crippen LogP contribution in [0.25, 0.3) is 16.8 Å². The lowest BCUT2D eigenvalue weighted by Crippen LogP contribution is -2.41. The molecule has 0 N–H and O–H groups in total. The number of hydrogen-bond donors (Lipinski definition) is 0. The minimum Gasteiger partial charge on any atom is -0.378 e. The number of aromatic nitrogens is 3. The number of rotatable bonds is 4. The van der Waals surface area contributed by atoms with Crippen molar-refractivity contribution in [1.82, 2.24) is 19.5 Å². The molecule has 2 aromatic heterocycles. The molecule has 0 atom stereocenters. The SMILES string of the molecule is Cc1ccc(-c2cc3c(SCC(=O)N4CCOCC4)nccn3n2)cc1C. The summed E-state index contributed by atoms with van der Waals surface area (Å²) in [5.74, 6) is 0.498. The summed E-state index contributed by atoms with van der Waals surface area (Å²) >= 11 is 1.46. The van der Waals surface area contributed by atoms with Crippen molar-refractivity contribution >= 4 is 23.2 Å². The summed E-state index contributed by atoms with van der Waals surface area (Å²) in [7, 11) is 0. The Kier molecular flexibility index (Phi) is 5.13. The van der Waals surface area contributed by atoms with E-state index in [-0.39, 0.29) is 5.91 Å². The minimum absolute atomic E-state index is 0.126. The normalized spacial score (nSPS) is 14.7. The molecule has 4 rings (SSSR count). The number of thioether (sulfide) groups is 1. The van der Waals surface area contributed by atoms with E-state index in [1.54, 1.807) is 6.20 Å². The number of aryl methyl sites for hydroxylation is 2. The summed E-state index contributed by atoms with van der Waals surface area (Å²) in [6.07, 6.45) is 3.57. The van der Waals surface area contributed by atoms with E-state index >= 15 is 0 Å². The van der Waals surface area contributed by atoms with E-state index in [1.807, 2.05) is 21.7 Å². The second-order valence-corrected chi connectivity index (χ2v) is 7.64. The third kappa shape index (κ3) is 3.84. The van der Waals surface area contributed by atoms with Gasteiger partial charge >= 0.3 is 0 Å². The van der Waals surface area contributed by atoms with Gasteiger partial charge < -0.3 is 9.64 Å². The average Bonchev–Trinajstić information content (AvgIpc) is 3.14. The average molecular weight is 382 g/mol. The van der Waals surface area contributed by atoms with Crippen LogP contribution in [0.15, 0.2) is 41.7 Å². The van der Waals surface area contributed by atoms with Crippen LogP contribution in [0.2, 0.25) is 0 Å². The van der Waals surface area contributed by atoms with Gasteiger partial charge in [-0.15, -0.1) is 0 Å². The molecule has 0 saturated carbocycles. The Morgan fingerprint density at radius 3 is 2.78 bits per heavy atom. The van der Waals surface area contributed by atoms with Crippen LogP contribution in [0.3, 0.4) is 0 Å². The highest BCUT2D eigenvalue weighted by molar-refractivity contribution is 8.00. The quantitative estimate of drug-likeness (QED) is 0.649. The van der Waals surface area contributed by atoms with E-state index in [9.17, 15) is 4.79 Å². The van der Waals surface area contributed by atoms with Gasteiger partial charge in [0.15, 0.2) is 0 Å². The van der Waals surface area contributed by atoms with Gasteiger partial charge in [0.25, 0.3) is 0 Å². The topological polar surface area (TPSA) is 59.7 Å². The smallest absolute Gasteiger partial charge is 0.233 e. The van der Waals surface area contributed by atoms with Crippen molar-refractivity contribution in [2.45, 2.75) is 18.9 Å². The molecule has 0 spiro atoms. The number of fused-ring (bicyclic) bond motifs is 1. The van der Waals surface area contributed by atoms with Crippen LogP contribution in [0.4, 0.5) is 0 Å². The second-order valence-electron chi connectivity index (χ2n) is 6.67. The van der Waals surface area contributed by atoms with Crippen molar-refractivity contribution in [2.75, 3.05) is 32.1 Å². The Labute approximate surface area is 162 Å². The molecule has 1 fully saturated rings. The molecule has 1 amide bonds. The lowest BCUT2D eigenvalue weighted by atomic mass is 10.0. The zero-order valence-corrected chi connectivity index (χ0v) is 16.3. The number of amides is 1. The molecule has 0 radical (unpaired) electrons. The van der Waals surface area contributed by atoms with E-state index in [1.165, 1.54) is 22.9 Å². The fourth-order valence-corrected chi connectivity index (χ4v) is 3.96. The van der Waals surface area contributed by atoms with Crippen molar-refractivity contribution in [2.24, 2.45) is 0 Å².